The van der Waals surface area contributed by atoms with E-state index in [9.17, 15) is 20.0 Å². The molecule has 1 N–H and O–H groups in total. The smallest absolute Gasteiger partial charge is 0.253 e. The summed E-state index contributed by atoms with van der Waals surface area (Å²) in [4.78, 5) is 29.5. The first kappa shape index (κ1) is 22.5. The maximum atomic E-state index is 12.5. The van der Waals surface area contributed by atoms with Crippen molar-refractivity contribution in [1.82, 2.24) is 14.7 Å². The van der Waals surface area contributed by atoms with Crippen LogP contribution in [0.25, 0.3) is 11.1 Å². The third-order valence-corrected chi connectivity index (χ3v) is 5.62. The Morgan fingerprint density at radius 1 is 1.06 bits per heavy atom. The summed E-state index contributed by atoms with van der Waals surface area (Å²) in [5.74, 6) is -0.458. The van der Waals surface area contributed by atoms with Gasteiger partial charge in [-0.2, -0.15) is 5.26 Å². The second-order valence-corrected chi connectivity index (χ2v) is 8.29. The zero-order chi connectivity index (χ0) is 22.7. The minimum absolute atomic E-state index is 0.0573. The van der Waals surface area contributed by atoms with E-state index in [0.717, 1.165) is 16.7 Å². The summed E-state index contributed by atoms with van der Waals surface area (Å²) in [6, 6.07) is 16.4. The molecule has 1 heterocycles. The zero-order valence-corrected chi connectivity index (χ0v) is 18.3. The lowest BCUT2D eigenvalue weighted by atomic mass is 9.75. The Morgan fingerprint density at radius 3 is 2.29 bits per heavy atom. The van der Waals surface area contributed by atoms with Gasteiger partial charge in [0.05, 0.1) is 25.3 Å². The highest BCUT2D eigenvalue weighted by molar-refractivity contribution is 5.95. The number of aliphatic hydroxyl groups excluding tert-OH is 1. The van der Waals surface area contributed by atoms with Crippen molar-refractivity contribution in [2.45, 2.75) is 18.0 Å². The van der Waals surface area contributed by atoms with Crippen LogP contribution in [0, 0.1) is 11.3 Å². The van der Waals surface area contributed by atoms with Gasteiger partial charge in [0.25, 0.3) is 5.91 Å². The number of hydrogen-bond acceptors (Lipinski definition) is 5. The Balaban J connectivity index is 1.83. The molecule has 0 unspecified atom stereocenters. The van der Waals surface area contributed by atoms with Crippen molar-refractivity contribution >= 4 is 11.8 Å². The van der Waals surface area contributed by atoms with Crippen molar-refractivity contribution in [2.75, 3.05) is 41.3 Å². The highest BCUT2D eigenvalue weighted by atomic mass is 16.3. The van der Waals surface area contributed by atoms with Crippen LogP contribution in [-0.2, 0) is 4.79 Å². The third-order valence-electron chi connectivity index (χ3n) is 5.62. The highest BCUT2D eigenvalue weighted by Crippen LogP contribution is 2.41. The van der Waals surface area contributed by atoms with Crippen LogP contribution in [0.3, 0.4) is 0 Å². The van der Waals surface area contributed by atoms with E-state index in [1.807, 2.05) is 42.5 Å². The first-order chi connectivity index (χ1) is 14.8. The van der Waals surface area contributed by atoms with Crippen molar-refractivity contribution in [3.05, 3.63) is 59.7 Å². The molecule has 162 valence electrons. The maximum Gasteiger partial charge on any atom is 0.253 e. The van der Waals surface area contributed by atoms with E-state index in [2.05, 4.69) is 6.07 Å². The number of rotatable bonds is 6. The van der Waals surface area contributed by atoms with Crippen LogP contribution in [-0.4, -0.2) is 85.0 Å². The molecule has 0 radical (unpaired) electrons. The zero-order valence-electron chi connectivity index (χ0n) is 18.3. The molecule has 1 saturated heterocycles. The summed E-state index contributed by atoms with van der Waals surface area (Å²) in [6.45, 7) is 0.000800. The van der Waals surface area contributed by atoms with Gasteiger partial charge in [-0.15, -0.1) is 0 Å². The molecule has 2 aromatic rings. The molecule has 3 atom stereocenters. The Hall–Kier alpha value is -3.21. The molecule has 1 aliphatic rings. The van der Waals surface area contributed by atoms with Gasteiger partial charge in [0.15, 0.2) is 0 Å². The Bertz CT molecular complexity index is 995. The number of likely N-dealkylation sites (N-methyl/N-ethyl adjacent to an activating group) is 1. The van der Waals surface area contributed by atoms with E-state index in [1.54, 1.807) is 44.1 Å². The predicted octanol–water partition coefficient (Wildman–Crippen LogP) is 1.80. The van der Waals surface area contributed by atoms with Gasteiger partial charge in [-0.1, -0.05) is 36.4 Å². The van der Waals surface area contributed by atoms with E-state index in [-0.39, 0.29) is 30.9 Å². The molecule has 31 heavy (non-hydrogen) atoms. The van der Waals surface area contributed by atoms with Gasteiger partial charge in [0, 0.05) is 25.6 Å². The molecule has 7 heteroatoms. The fourth-order valence-corrected chi connectivity index (χ4v) is 4.09. The normalized spacial score (nSPS) is 20.2. The summed E-state index contributed by atoms with van der Waals surface area (Å²) >= 11 is 0. The van der Waals surface area contributed by atoms with Gasteiger partial charge >= 0.3 is 0 Å². The summed E-state index contributed by atoms with van der Waals surface area (Å²) in [5.41, 5.74) is 3.39. The Labute approximate surface area is 183 Å². The van der Waals surface area contributed by atoms with E-state index in [0.29, 0.717) is 5.56 Å². The monoisotopic (exact) mass is 420 g/mol. The second-order valence-electron chi connectivity index (χ2n) is 8.29. The predicted molar refractivity (Wildman–Crippen MR) is 118 cm³/mol. The van der Waals surface area contributed by atoms with Gasteiger partial charge in [-0.05, 0) is 42.9 Å². The van der Waals surface area contributed by atoms with Gasteiger partial charge in [-0.25, -0.2) is 0 Å². The summed E-state index contributed by atoms with van der Waals surface area (Å²) < 4.78 is 0. The van der Waals surface area contributed by atoms with E-state index in [1.165, 1.54) is 4.90 Å². The number of nitriles is 1. The third kappa shape index (κ3) is 4.46. The average Bonchev–Trinajstić information content (AvgIpc) is 2.73. The van der Waals surface area contributed by atoms with Gasteiger partial charge < -0.3 is 19.8 Å². The van der Waals surface area contributed by atoms with Gasteiger partial charge in [0.1, 0.15) is 6.04 Å². The Kier molecular flexibility index (Phi) is 6.74. The van der Waals surface area contributed by atoms with Crippen LogP contribution in [0.2, 0.25) is 0 Å². The lowest BCUT2D eigenvalue weighted by molar-refractivity contribution is -0.147. The van der Waals surface area contributed by atoms with Crippen molar-refractivity contribution in [3.63, 3.8) is 0 Å². The molecular formula is C24H28N4O3. The molecular weight excluding hydrogens is 392 g/mol. The molecule has 2 amide bonds. The number of aliphatic hydroxyl groups is 1. The molecule has 2 aromatic carbocycles. The minimum Gasteiger partial charge on any atom is -0.394 e. The van der Waals surface area contributed by atoms with Crippen LogP contribution >= 0.6 is 0 Å². The number of carbonyl (C=O) groups is 2. The van der Waals surface area contributed by atoms with Crippen molar-refractivity contribution < 1.29 is 14.7 Å². The van der Waals surface area contributed by atoms with Crippen LogP contribution < -0.4 is 0 Å². The molecule has 1 aliphatic heterocycles. The fourth-order valence-electron chi connectivity index (χ4n) is 4.09. The number of likely N-dealkylation sites (tertiary alicyclic amines) is 1. The molecule has 7 nitrogen and oxygen atoms in total. The first-order valence-corrected chi connectivity index (χ1v) is 10.2. The molecule has 1 fully saturated rings. The van der Waals surface area contributed by atoms with Crippen LogP contribution in [0.4, 0.5) is 0 Å². The summed E-state index contributed by atoms with van der Waals surface area (Å²) in [7, 11) is 7.03. The van der Waals surface area contributed by atoms with Gasteiger partial charge in [-0.3, -0.25) is 9.59 Å². The molecule has 0 spiro atoms. The van der Waals surface area contributed by atoms with Crippen LogP contribution in [0.1, 0.15) is 21.8 Å². The molecule has 0 saturated carbocycles. The lowest BCUT2D eigenvalue weighted by Gasteiger charge is -2.51. The molecule has 0 aromatic heterocycles. The standard InChI is InChI=1S/C24H28N4O3/c1-26(2)14-22(30)28-20(13-25)23(21(28)15-29)17-10-8-16(9-11-17)18-6-5-7-19(12-18)24(31)27(3)4/h5-12,20-21,23,29H,14-15H2,1-4H3/t20-,21+,23+/m1/s1. The molecule has 0 aliphatic carbocycles. The van der Waals surface area contributed by atoms with Crippen molar-refractivity contribution in [3.8, 4) is 17.2 Å². The minimum atomic E-state index is -0.600. The first-order valence-electron chi connectivity index (χ1n) is 10.2. The number of benzene rings is 2. The van der Waals surface area contributed by atoms with Gasteiger partial charge in [0.2, 0.25) is 5.91 Å². The average molecular weight is 421 g/mol. The highest BCUT2D eigenvalue weighted by Gasteiger charge is 2.51. The number of amides is 2. The Morgan fingerprint density at radius 2 is 1.74 bits per heavy atom. The quantitative estimate of drug-likeness (QED) is 0.770. The molecule has 3 rings (SSSR count). The number of carbonyl (C=O) groups excluding carboxylic acids is 2. The second kappa shape index (κ2) is 9.29. The maximum absolute atomic E-state index is 12.5. The van der Waals surface area contributed by atoms with E-state index in [4.69, 9.17) is 0 Å². The SMILES string of the molecule is CN(C)CC(=O)N1[C@H](C#N)[C@H](c2ccc(-c3cccc(C(=O)N(C)C)c3)cc2)[C@@H]1CO. The fraction of sp³-hybridized carbons (Fsp3) is 0.375. The van der Waals surface area contributed by atoms with E-state index >= 15 is 0 Å². The van der Waals surface area contributed by atoms with Crippen LogP contribution in [0.15, 0.2) is 48.5 Å². The van der Waals surface area contributed by atoms with E-state index < -0.39 is 12.1 Å². The summed E-state index contributed by atoms with van der Waals surface area (Å²) in [6.07, 6.45) is 0. The van der Waals surface area contributed by atoms with Crippen molar-refractivity contribution in [2.24, 2.45) is 0 Å². The lowest BCUT2D eigenvalue weighted by Crippen LogP contribution is -2.66. The van der Waals surface area contributed by atoms with Crippen molar-refractivity contribution in [1.29, 1.82) is 5.26 Å². The number of hydrogen-bond donors (Lipinski definition) is 1. The molecule has 0 bridgehead atoms. The largest absolute Gasteiger partial charge is 0.394 e. The number of nitrogens with zero attached hydrogens (tertiary/aromatic N) is 4. The topological polar surface area (TPSA) is 87.9 Å². The summed E-state index contributed by atoms with van der Waals surface area (Å²) in [5, 5.41) is 19.6. The van der Waals surface area contributed by atoms with Crippen LogP contribution in [0.5, 0.6) is 0 Å².